The van der Waals surface area contributed by atoms with Crippen molar-refractivity contribution < 1.29 is 4.39 Å². The van der Waals surface area contributed by atoms with E-state index in [0.29, 0.717) is 17.6 Å². The molecule has 84 valence electrons. The molecule has 0 aromatic carbocycles. The van der Waals surface area contributed by atoms with E-state index in [0.717, 1.165) is 12.6 Å². The first-order valence-corrected chi connectivity index (χ1v) is 5.37. The van der Waals surface area contributed by atoms with Crippen LogP contribution in [0.15, 0.2) is 23.1 Å². The van der Waals surface area contributed by atoms with Crippen LogP contribution in [0, 0.1) is 5.82 Å². The van der Waals surface area contributed by atoms with Crippen molar-refractivity contribution in [2.24, 2.45) is 0 Å². The van der Waals surface area contributed by atoms with Crippen LogP contribution in [0.3, 0.4) is 0 Å². The highest BCUT2D eigenvalue weighted by molar-refractivity contribution is 6.30. The Morgan fingerprint density at radius 2 is 2.25 bits per heavy atom. The molecule has 0 radical (unpaired) electrons. The second-order valence-corrected chi connectivity index (χ2v) is 3.87. The molecule has 0 saturated carbocycles. The molecule has 2 heterocycles. The Morgan fingerprint density at radius 3 is 2.94 bits per heavy atom. The molecule has 2 aromatic rings. The van der Waals surface area contributed by atoms with Gasteiger partial charge >= 0.3 is 0 Å². The van der Waals surface area contributed by atoms with Crippen molar-refractivity contribution in [3.05, 3.63) is 45.2 Å². The van der Waals surface area contributed by atoms with Crippen molar-refractivity contribution in [1.29, 1.82) is 0 Å². The van der Waals surface area contributed by atoms with Crippen molar-refractivity contribution in [3.63, 3.8) is 0 Å². The largest absolute Gasteiger partial charge is 0.269 e. The summed E-state index contributed by atoms with van der Waals surface area (Å²) in [6.07, 6.45) is 2.46. The summed E-state index contributed by atoms with van der Waals surface area (Å²) >= 11 is 5.91. The third kappa shape index (κ3) is 1.80. The highest BCUT2D eigenvalue weighted by Gasteiger charge is 2.10. The molecule has 2 rings (SSSR count). The number of fused-ring (bicyclic) bond motifs is 1. The van der Waals surface area contributed by atoms with E-state index in [-0.39, 0.29) is 10.7 Å². The minimum absolute atomic E-state index is 0.207. The van der Waals surface area contributed by atoms with Crippen LogP contribution in [-0.2, 0) is 6.42 Å². The number of aromatic nitrogens is 2. The summed E-state index contributed by atoms with van der Waals surface area (Å²) in [6.45, 7) is 1.94. The number of halogens is 2. The van der Waals surface area contributed by atoms with Crippen LogP contribution in [0.5, 0.6) is 0 Å². The van der Waals surface area contributed by atoms with Gasteiger partial charge in [0, 0.05) is 6.20 Å². The fraction of sp³-hybridized carbons (Fsp3) is 0.273. The molecule has 0 saturated heterocycles. The summed E-state index contributed by atoms with van der Waals surface area (Å²) in [5.74, 6) is -0.471. The Balaban J connectivity index is 2.80. The second-order valence-electron chi connectivity index (χ2n) is 3.51. The van der Waals surface area contributed by atoms with Crippen molar-refractivity contribution >= 4 is 17.2 Å². The summed E-state index contributed by atoms with van der Waals surface area (Å²) in [5.41, 5.74) is 0.500. The number of hydrogen-bond donors (Lipinski definition) is 0. The SMILES string of the molecule is CCCc1c(Cl)nc2ccc(F)cn2c1=O. The van der Waals surface area contributed by atoms with Gasteiger partial charge in [-0.05, 0) is 18.6 Å². The van der Waals surface area contributed by atoms with Crippen molar-refractivity contribution in [1.82, 2.24) is 9.38 Å². The van der Waals surface area contributed by atoms with Gasteiger partial charge in [-0.15, -0.1) is 0 Å². The van der Waals surface area contributed by atoms with Gasteiger partial charge < -0.3 is 0 Å². The number of hydrogen-bond acceptors (Lipinski definition) is 2. The van der Waals surface area contributed by atoms with E-state index >= 15 is 0 Å². The highest BCUT2D eigenvalue weighted by atomic mass is 35.5. The molecule has 0 aliphatic rings. The molecule has 0 aliphatic carbocycles. The number of pyridine rings is 1. The predicted molar refractivity (Wildman–Crippen MR) is 60.4 cm³/mol. The van der Waals surface area contributed by atoms with Crippen LogP contribution in [0.1, 0.15) is 18.9 Å². The topological polar surface area (TPSA) is 34.4 Å². The van der Waals surface area contributed by atoms with Crippen LogP contribution >= 0.6 is 11.6 Å². The molecule has 0 aliphatic heterocycles. The van der Waals surface area contributed by atoms with Gasteiger partial charge in [-0.25, -0.2) is 9.37 Å². The van der Waals surface area contributed by atoms with Gasteiger partial charge in [-0.3, -0.25) is 9.20 Å². The zero-order valence-corrected chi connectivity index (χ0v) is 9.46. The molecular formula is C11H10ClFN2O. The van der Waals surface area contributed by atoms with Crippen molar-refractivity contribution in [3.8, 4) is 0 Å². The zero-order chi connectivity index (χ0) is 11.7. The van der Waals surface area contributed by atoms with Crippen LogP contribution < -0.4 is 5.56 Å². The first-order chi connectivity index (χ1) is 7.63. The van der Waals surface area contributed by atoms with Crippen molar-refractivity contribution in [2.75, 3.05) is 0 Å². The normalized spacial score (nSPS) is 10.9. The number of rotatable bonds is 2. The Morgan fingerprint density at radius 1 is 1.50 bits per heavy atom. The molecule has 0 fully saturated rings. The Bertz CT molecular complexity index is 594. The summed E-state index contributed by atoms with van der Waals surface area (Å²) in [4.78, 5) is 16.0. The second kappa shape index (κ2) is 4.22. The first-order valence-electron chi connectivity index (χ1n) is 4.99. The summed E-state index contributed by atoms with van der Waals surface area (Å²) < 4.78 is 14.2. The summed E-state index contributed by atoms with van der Waals surface area (Å²) in [6, 6.07) is 2.68. The number of nitrogens with zero attached hydrogens (tertiary/aromatic N) is 2. The standard InChI is InChI=1S/C11H10ClFN2O/c1-2-3-8-10(12)14-9-5-4-7(13)6-15(9)11(8)16/h4-6H,2-3H2,1H3. The maximum Gasteiger partial charge on any atom is 0.262 e. The lowest BCUT2D eigenvalue weighted by atomic mass is 10.2. The lowest BCUT2D eigenvalue weighted by Crippen LogP contribution is -2.20. The Hall–Kier alpha value is -1.42. The van der Waals surface area contributed by atoms with Crippen LogP contribution in [0.4, 0.5) is 4.39 Å². The molecule has 2 aromatic heterocycles. The van der Waals surface area contributed by atoms with Crippen LogP contribution in [-0.4, -0.2) is 9.38 Å². The average Bonchev–Trinajstić information content (AvgIpc) is 2.26. The van der Waals surface area contributed by atoms with E-state index in [1.807, 2.05) is 6.92 Å². The van der Waals surface area contributed by atoms with E-state index in [4.69, 9.17) is 11.6 Å². The monoisotopic (exact) mass is 240 g/mol. The molecule has 0 spiro atoms. The van der Waals surface area contributed by atoms with E-state index in [2.05, 4.69) is 4.98 Å². The molecule has 0 N–H and O–H groups in total. The quantitative estimate of drug-likeness (QED) is 0.756. The van der Waals surface area contributed by atoms with E-state index in [1.165, 1.54) is 16.5 Å². The Kier molecular flexibility index (Phi) is 2.92. The van der Waals surface area contributed by atoms with Gasteiger partial charge in [-0.1, -0.05) is 24.9 Å². The minimum Gasteiger partial charge on any atom is -0.269 e. The third-order valence-corrected chi connectivity index (χ3v) is 2.64. The smallest absolute Gasteiger partial charge is 0.262 e. The summed E-state index contributed by atoms with van der Waals surface area (Å²) in [7, 11) is 0. The van der Waals surface area contributed by atoms with Gasteiger partial charge in [0.15, 0.2) is 0 Å². The zero-order valence-electron chi connectivity index (χ0n) is 8.70. The molecule has 0 unspecified atom stereocenters. The maximum absolute atomic E-state index is 13.0. The third-order valence-electron chi connectivity index (χ3n) is 2.33. The van der Waals surface area contributed by atoms with E-state index in [9.17, 15) is 9.18 Å². The van der Waals surface area contributed by atoms with Gasteiger partial charge in [0.1, 0.15) is 16.6 Å². The molecule has 16 heavy (non-hydrogen) atoms. The van der Waals surface area contributed by atoms with E-state index < -0.39 is 5.82 Å². The van der Waals surface area contributed by atoms with Crippen molar-refractivity contribution in [2.45, 2.75) is 19.8 Å². The fourth-order valence-corrected chi connectivity index (χ4v) is 1.84. The predicted octanol–water partition coefficient (Wildman–Crippen LogP) is 2.44. The minimum atomic E-state index is -0.471. The first kappa shape index (κ1) is 11.1. The lowest BCUT2D eigenvalue weighted by Gasteiger charge is -2.05. The van der Waals surface area contributed by atoms with Crippen LogP contribution in [0.25, 0.3) is 5.65 Å². The maximum atomic E-state index is 13.0. The van der Waals surface area contributed by atoms with Gasteiger partial charge in [0.25, 0.3) is 5.56 Å². The highest BCUT2D eigenvalue weighted by Crippen LogP contribution is 2.12. The average molecular weight is 241 g/mol. The Labute approximate surface area is 96.5 Å². The van der Waals surface area contributed by atoms with Crippen LogP contribution in [0.2, 0.25) is 5.15 Å². The summed E-state index contributed by atoms with van der Waals surface area (Å²) in [5, 5.41) is 0.207. The lowest BCUT2D eigenvalue weighted by molar-refractivity contribution is 0.617. The fourth-order valence-electron chi connectivity index (χ4n) is 1.58. The molecule has 5 heteroatoms. The van der Waals surface area contributed by atoms with E-state index in [1.54, 1.807) is 0 Å². The molecule has 0 bridgehead atoms. The molecule has 0 atom stereocenters. The molecular weight excluding hydrogens is 231 g/mol. The molecule has 0 amide bonds. The van der Waals surface area contributed by atoms with Gasteiger partial charge in [-0.2, -0.15) is 0 Å². The molecule has 3 nitrogen and oxygen atoms in total. The van der Waals surface area contributed by atoms with Gasteiger partial charge in [0.05, 0.1) is 5.56 Å². The van der Waals surface area contributed by atoms with Gasteiger partial charge in [0.2, 0.25) is 0 Å².